The molecule has 0 amide bonds. The summed E-state index contributed by atoms with van der Waals surface area (Å²) in [4.78, 5) is 0. The molecule has 2 nitrogen and oxygen atoms in total. The molecule has 0 saturated heterocycles. The molecule has 96 valence electrons. The average Bonchev–Trinajstić information content (AvgIpc) is 2.32. The van der Waals surface area contributed by atoms with E-state index in [4.69, 9.17) is 0 Å². The second kappa shape index (κ2) is 4.29. The van der Waals surface area contributed by atoms with Gasteiger partial charge in [-0.3, -0.25) is 0 Å². The summed E-state index contributed by atoms with van der Waals surface area (Å²) in [6.07, 6.45) is 3.74. The van der Waals surface area contributed by atoms with Gasteiger partial charge < -0.3 is 10.2 Å². The summed E-state index contributed by atoms with van der Waals surface area (Å²) in [5.74, 6) is 0.245. The Morgan fingerprint density at radius 1 is 1.11 bits per heavy atom. The first kappa shape index (κ1) is 12.9. The molecule has 0 aliphatic heterocycles. The van der Waals surface area contributed by atoms with Gasteiger partial charge in [-0.1, -0.05) is 51.1 Å². The van der Waals surface area contributed by atoms with Crippen LogP contribution in [-0.4, -0.2) is 15.8 Å². The lowest BCUT2D eigenvalue weighted by molar-refractivity contribution is -0.0107. The van der Waals surface area contributed by atoms with Crippen LogP contribution in [0.25, 0.3) is 5.57 Å². The minimum Gasteiger partial charge on any atom is -0.508 e. The van der Waals surface area contributed by atoms with Crippen molar-refractivity contribution in [2.24, 2.45) is 5.41 Å². The molecule has 1 aliphatic carbocycles. The highest BCUT2D eigenvalue weighted by molar-refractivity contribution is 5.72. The van der Waals surface area contributed by atoms with Gasteiger partial charge in [0, 0.05) is 12.0 Å². The van der Waals surface area contributed by atoms with Crippen LogP contribution < -0.4 is 0 Å². The number of allylic oxidation sites excluding steroid dienone is 1. The summed E-state index contributed by atoms with van der Waals surface area (Å²) in [5, 5.41) is 20.7. The number of aliphatic hydroxyl groups is 2. The molecule has 0 spiro atoms. The van der Waals surface area contributed by atoms with Crippen LogP contribution in [-0.2, 0) is 0 Å². The zero-order valence-corrected chi connectivity index (χ0v) is 11.1. The van der Waals surface area contributed by atoms with E-state index in [0.29, 0.717) is 6.42 Å². The normalized spacial score (nSPS) is 24.4. The SMILES string of the molecule is CC(C)(C)C1(O)C=CC(O)=C(c2ccccc2)C1. The van der Waals surface area contributed by atoms with Crippen LogP contribution in [0.1, 0.15) is 32.8 Å². The first-order chi connectivity index (χ1) is 8.33. The Morgan fingerprint density at radius 2 is 1.72 bits per heavy atom. The molecule has 2 heteroatoms. The lowest BCUT2D eigenvalue weighted by Crippen LogP contribution is -2.42. The van der Waals surface area contributed by atoms with Gasteiger partial charge in [0.2, 0.25) is 0 Å². The van der Waals surface area contributed by atoms with Crippen molar-refractivity contribution in [3.63, 3.8) is 0 Å². The first-order valence-electron chi connectivity index (χ1n) is 6.23. The zero-order chi connectivity index (χ0) is 13.4. The third-order valence-corrected chi connectivity index (χ3v) is 3.69. The summed E-state index contributed by atoms with van der Waals surface area (Å²) < 4.78 is 0. The minimum absolute atomic E-state index is 0.245. The Morgan fingerprint density at radius 3 is 2.28 bits per heavy atom. The van der Waals surface area contributed by atoms with E-state index >= 15 is 0 Å². The fourth-order valence-corrected chi connectivity index (χ4v) is 2.14. The molecule has 1 unspecified atom stereocenters. The van der Waals surface area contributed by atoms with Crippen molar-refractivity contribution in [3.05, 3.63) is 53.8 Å². The van der Waals surface area contributed by atoms with Crippen molar-refractivity contribution in [1.82, 2.24) is 0 Å². The molecule has 1 aromatic rings. The average molecular weight is 244 g/mol. The third kappa shape index (κ3) is 2.21. The van der Waals surface area contributed by atoms with Crippen molar-refractivity contribution >= 4 is 5.57 Å². The van der Waals surface area contributed by atoms with E-state index < -0.39 is 5.60 Å². The maximum Gasteiger partial charge on any atom is 0.119 e. The predicted octanol–water partition coefficient (Wildman–Crippen LogP) is 3.69. The van der Waals surface area contributed by atoms with Gasteiger partial charge >= 0.3 is 0 Å². The van der Waals surface area contributed by atoms with Crippen LogP contribution in [0, 0.1) is 5.41 Å². The first-order valence-corrected chi connectivity index (χ1v) is 6.23. The molecule has 1 aliphatic rings. The Labute approximate surface area is 108 Å². The highest BCUT2D eigenvalue weighted by atomic mass is 16.3. The molecular weight excluding hydrogens is 224 g/mol. The third-order valence-electron chi connectivity index (χ3n) is 3.69. The topological polar surface area (TPSA) is 40.5 Å². The number of aliphatic hydroxyl groups excluding tert-OH is 1. The quantitative estimate of drug-likeness (QED) is 0.791. The van der Waals surface area contributed by atoms with E-state index in [1.165, 1.54) is 0 Å². The van der Waals surface area contributed by atoms with Crippen LogP contribution in [0.4, 0.5) is 0 Å². The fraction of sp³-hybridized carbons (Fsp3) is 0.375. The van der Waals surface area contributed by atoms with Crippen molar-refractivity contribution in [1.29, 1.82) is 0 Å². The molecule has 2 N–H and O–H groups in total. The second-order valence-corrected chi connectivity index (χ2v) is 5.91. The Kier molecular flexibility index (Phi) is 3.07. The Hall–Kier alpha value is -1.54. The molecule has 1 aromatic carbocycles. The van der Waals surface area contributed by atoms with Gasteiger partial charge in [-0.2, -0.15) is 0 Å². The molecule has 0 bridgehead atoms. The summed E-state index contributed by atoms with van der Waals surface area (Å²) in [7, 11) is 0. The monoisotopic (exact) mass is 244 g/mol. The van der Waals surface area contributed by atoms with Gasteiger partial charge in [0.25, 0.3) is 0 Å². The van der Waals surface area contributed by atoms with Crippen molar-refractivity contribution in [3.8, 4) is 0 Å². The van der Waals surface area contributed by atoms with E-state index in [1.807, 2.05) is 51.1 Å². The molecule has 0 saturated carbocycles. The summed E-state index contributed by atoms with van der Waals surface area (Å²) in [6.45, 7) is 6.01. The minimum atomic E-state index is -0.926. The Bertz CT molecular complexity index is 492. The standard InChI is InChI=1S/C16H20O2/c1-15(2,3)16(18)10-9-14(17)13(11-16)12-7-5-4-6-8-12/h4-10,17-18H,11H2,1-3H3. The van der Waals surface area contributed by atoms with Crippen LogP contribution >= 0.6 is 0 Å². The number of hydrogen-bond donors (Lipinski definition) is 2. The van der Waals surface area contributed by atoms with Gasteiger partial charge in [-0.25, -0.2) is 0 Å². The van der Waals surface area contributed by atoms with Gasteiger partial charge in [0.05, 0.1) is 5.60 Å². The van der Waals surface area contributed by atoms with Crippen LogP contribution in [0.2, 0.25) is 0 Å². The fourth-order valence-electron chi connectivity index (χ4n) is 2.14. The Balaban J connectivity index is 2.41. The largest absolute Gasteiger partial charge is 0.508 e. The summed E-state index contributed by atoms with van der Waals surface area (Å²) in [5.41, 5.74) is 0.562. The highest BCUT2D eigenvalue weighted by Crippen LogP contribution is 2.42. The second-order valence-electron chi connectivity index (χ2n) is 5.91. The van der Waals surface area contributed by atoms with Gasteiger partial charge in [0.15, 0.2) is 0 Å². The lowest BCUT2D eigenvalue weighted by Gasteiger charge is -2.40. The molecular formula is C16H20O2. The molecule has 2 rings (SSSR count). The zero-order valence-electron chi connectivity index (χ0n) is 11.1. The van der Waals surface area contributed by atoms with Crippen molar-refractivity contribution < 1.29 is 10.2 Å². The number of benzene rings is 1. The maximum absolute atomic E-state index is 10.7. The maximum atomic E-state index is 10.7. The lowest BCUT2D eigenvalue weighted by atomic mass is 9.70. The number of rotatable bonds is 1. The van der Waals surface area contributed by atoms with E-state index in [2.05, 4.69) is 0 Å². The molecule has 0 heterocycles. The number of hydrogen-bond acceptors (Lipinski definition) is 2. The molecule has 0 radical (unpaired) electrons. The van der Waals surface area contributed by atoms with Crippen LogP contribution in [0.15, 0.2) is 48.2 Å². The summed E-state index contributed by atoms with van der Waals surface area (Å²) >= 11 is 0. The molecule has 18 heavy (non-hydrogen) atoms. The summed E-state index contributed by atoms with van der Waals surface area (Å²) in [6, 6.07) is 9.71. The molecule has 1 atom stereocenters. The van der Waals surface area contributed by atoms with E-state index in [9.17, 15) is 10.2 Å². The molecule has 0 fully saturated rings. The van der Waals surface area contributed by atoms with Crippen LogP contribution in [0.3, 0.4) is 0 Å². The van der Waals surface area contributed by atoms with Gasteiger partial charge in [-0.15, -0.1) is 0 Å². The van der Waals surface area contributed by atoms with Gasteiger partial charge in [0.1, 0.15) is 5.76 Å². The van der Waals surface area contributed by atoms with Crippen molar-refractivity contribution in [2.75, 3.05) is 0 Å². The smallest absolute Gasteiger partial charge is 0.119 e. The van der Waals surface area contributed by atoms with E-state index in [-0.39, 0.29) is 11.2 Å². The predicted molar refractivity (Wildman–Crippen MR) is 74.2 cm³/mol. The highest BCUT2D eigenvalue weighted by Gasteiger charge is 2.40. The van der Waals surface area contributed by atoms with E-state index in [0.717, 1.165) is 11.1 Å². The van der Waals surface area contributed by atoms with Crippen molar-refractivity contribution in [2.45, 2.75) is 32.8 Å². The molecule has 0 aromatic heterocycles. The van der Waals surface area contributed by atoms with Gasteiger partial charge in [-0.05, 0) is 23.1 Å². The van der Waals surface area contributed by atoms with E-state index in [1.54, 1.807) is 12.2 Å². The van der Waals surface area contributed by atoms with Crippen LogP contribution in [0.5, 0.6) is 0 Å².